The van der Waals surface area contributed by atoms with Crippen molar-refractivity contribution in [1.29, 1.82) is 0 Å². The third-order valence-electron chi connectivity index (χ3n) is 3.06. The number of benzene rings is 1. The van der Waals surface area contributed by atoms with Gasteiger partial charge in [-0.1, -0.05) is 12.1 Å². The maximum Gasteiger partial charge on any atom is 0.243 e. The highest BCUT2D eigenvalue weighted by Crippen LogP contribution is 2.20. The molecule has 0 aliphatic carbocycles. The molecule has 21 heavy (non-hydrogen) atoms. The van der Waals surface area contributed by atoms with Gasteiger partial charge in [0.2, 0.25) is 10.0 Å². The van der Waals surface area contributed by atoms with Gasteiger partial charge in [-0.25, -0.2) is 13.4 Å². The fourth-order valence-electron chi connectivity index (χ4n) is 1.86. The van der Waals surface area contributed by atoms with Crippen LogP contribution in [0.2, 0.25) is 0 Å². The largest absolute Gasteiger partial charge is 0.389 e. The molecule has 8 heteroatoms. The van der Waals surface area contributed by atoms with Gasteiger partial charge in [-0.3, -0.25) is 5.10 Å². The number of aromatic amines is 1. The van der Waals surface area contributed by atoms with Crippen LogP contribution in [0.5, 0.6) is 0 Å². The summed E-state index contributed by atoms with van der Waals surface area (Å²) in [6, 6.07) is 6.27. The van der Waals surface area contributed by atoms with Gasteiger partial charge in [0.05, 0.1) is 17.5 Å². The zero-order chi connectivity index (χ0) is 15.6. The van der Waals surface area contributed by atoms with E-state index in [1.54, 1.807) is 26.0 Å². The van der Waals surface area contributed by atoms with E-state index in [-0.39, 0.29) is 11.4 Å². The van der Waals surface area contributed by atoms with Gasteiger partial charge in [-0.05, 0) is 31.5 Å². The van der Waals surface area contributed by atoms with Crippen molar-refractivity contribution in [2.24, 2.45) is 0 Å². The Morgan fingerprint density at radius 3 is 2.71 bits per heavy atom. The van der Waals surface area contributed by atoms with E-state index in [0.717, 1.165) is 0 Å². The van der Waals surface area contributed by atoms with E-state index >= 15 is 0 Å². The molecule has 0 bridgehead atoms. The number of aliphatic hydroxyl groups is 1. The van der Waals surface area contributed by atoms with Crippen molar-refractivity contribution >= 4 is 10.0 Å². The molecule has 1 heterocycles. The van der Waals surface area contributed by atoms with Crippen molar-refractivity contribution in [1.82, 2.24) is 19.5 Å². The molecule has 0 saturated carbocycles. The van der Waals surface area contributed by atoms with Gasteiger partial charge in [0.1, 0.15) is 5.82 Å². The molecule has 2 N–H and O–H groups in total. The van der Waals surface area contributed by atoms with Gasteiger partial charge in [0, 0.05) is 7.05 Å². The van der Waals surface area contributed by atoms with Gasteiger partial charge in [0.15, 0.2) is 5.82 Å². The third kappa shape index (κ3) is 3.46. The molecule has 0 aliphatic rings. The van der Waals surface area contributed by atoms with Crippen LogP contribution in [0.25, 0.3) is 0 Å². The Morgan fingerprint density at radius 1 is 1.43 bits per heavy atom. The fraction of sp³-hybridized carbons (Fsp3) is 0.385. The van der Waals surface area contributed by atoms with Crippen molar-refractivity contribution in [2.45, 2.75) is 31.4 Å². The van der Waals surface area contributed by atoms with Crippen LogP contribution in [0.15, 0.2) is 29.2 Å². The van der Waals surface area contributed by atoms with Crippen LogP contribution in [0.3, 0.4) is 0 Å². The average molecular weight is 310 g/mol. The molecule has 0 radical (unpaired) electrons. The first kappa shape index (κ1) is 15.6. The Balaban J connectivity index is 2.26. The molecule has 0 spiro atoms. The quantitative estimate of drug-likeness (QED) is 0.858. The first-order chi connectivity index (χ1) is 9.80. The summed E-state index contributed by atoms with van der Waals surface area (Å²) in [5.41, 5.74) is 0.554. The lowest BCUT2D eigenvalue weighted by Crippen LogP contribution is -2.27. The highest BCUT2D eigenvalue weighted by atomic mass is 32.2. The second-order valence-corrected chi connectivity index (χ2v) is 6.89. The van der Waals surface area contributed by atoms with Crippen molar-refractivity contribution in [3.63, 3.8) is 0 Å². The molecule has 2 aromatic rings. The van der Waals surface area contributed by atoms with Crippen LogP contribution >= 0.6 is 0 Å². The highest BCUT2D eigenvalue weighted by molar-refractivity contribution is 7.89. The minimum Gasteiger partial charge on any atom is -0.389 e. The number of hydrogen-bond donors (Lipinski definition) is 2. The Morgan fingerprint density at radius 2 is 2.14 bits per heavy atom. The molecule has 0 saturated heterocycles. The summed E-state index contributed by atoms with van der Waals surface area (Å²) in [5.74, 6) is 1.04. The van der Waals surface area contributed by atoms with Gasteiger partial charge in [-0.15, -0.1) is 0 Å². The number of nitrogens with one attached hydrogen (secondary N) is 1. The van der Waals surface area contributed by atoms with E-state index in [1.165, 1.54) is 23.5 Å². The predicted molar refractivity (Wildman–Crippen MR) is 76.8 cm³/mol. The minimum absolute atomic E-state index is 0.0750. The zero-order valence-corrected chi connectivity index (χ0v) is 12.9. The molecule has 0 aliphatic heterocycles. The van der Waals surface area contributed by atoms with E-state index in [0.29, 0.717) is 17.2 Å². The Kier molecular flexibility index (Phi) is 4.40. The molecular weight excluding hydrogens is 292 g/mol. The summed E-state index contributed by atoms with van der Waals surface area (Å²) < 4.78 is 26.2. The number of rotatable bonds is 5. The van der Waals surface area contributed by atoms with Crippen molar-refractivity contribution in [3.05, 3.63) is 41.5 Å². The SMILES string of the molecule is Cc1nc(CN(C)S(=O)(=O)c2cccc(C(C)O)c2)n[nH]1. The molecule has 1 aromatic heterocycles. The summed E-state index contributed by atoms with van der Waals surface area (Å²) in [5, 5.41) is 16.2. The molecule has 114 valence electrons. The number of aliphatic hydroxyl groups excluding tert-OH is 1. The summed E-state index contributed by atoms with van der Waals surface area (Å²) >= 11 is 0. The lowest BCUT2D eigenvalue weighted by Gasteiger charge is -2.16. The van der Waals surface area contributed by atoms with Gasteiger partial charge < -0.3 is 5.11 Å². The van der Waals surface area contributed by atoms with Gasteiger partial charge in [-0.2, -0.15) is 9.40 Å². The highest BCUT2D eigenvalue weighted by Gasteiger charge is 2.22. The number of aromatic nitrogens is 3. The van der Waals surface area contributed by atoms with E-state index in [4.69, 9.17) is 0 Å². The number of hydrogen-bond acceptors (Lipinski definition) is 5. The maximum atomic E-state index is 12.5. The monoisotopic (exact) mass is 310 g/mol. The van der Waals surface area contributed by atoms with Crippen molar-refractivity contribution < 1.29 is 13.5 Å². The van der Waals surface area contributed by atoms with Gasteiger partial charge in [0.25, 0.3) is 0 Å². The first-order valence-corrected chi connectivity index (χ1v) is 7.87. The van der Waals surface area contributed by atoms with E-state index in [2.05, 4.69) is 15.2 Å². The third-order valence-corrected chi connectivity index (χ3v) is 4.86. The second-order valence-electron chi connectivity index (χ2n) is 4.85. The summed E-state index contributed by atoms with van der Waals surface area (Å²) in [6.45, 7) is 3.41. The minimum atomic E-state index is -3.66. The standard InChI is InChI=1S/C13H18N4O3S/c1-9(18)11-5-4-6-12(7-11)21(19,20)17(3)8-13-14-10(2)15-16-13/h4-7,9,18H,8H2,1-3H3,(H,14,15,16). The van der Waals surface area contributed by atoms with Crippen LogP contribution in [0, 0.1) is 6.92 Å². The first-order valence-electron chi connectivity index (χ1n) is 6.43. The fourth-order valence-corrected chi connectivity index (χ4v) is 3.04. The molecule has 1 atom stereocenters. The van der Waals surface area contributed by atoms with Crippen LogP contribution in [0.4, 0.5) is 0 Å². The lowest BCUT2D eigenvalue weighted by molar-refractivity contribution is 0.199. The van der Waals surface area contributed by atoms with Crippen LogP contribution in [-0.2, 0) is 16.6 Å². The van der Waals surface area contributed by atoms with Crippen LogP contribution in [-0.4, -0.2) is 40.1 Å². The van der Waals surface area contributed by atoms with Crippen LogP contribution in [0.1, 0.15) is 30.2 Å². The molecule has 2 rings (SSSR count). The molecule has 7 nitrogen and oxygen atoms in total. The summed E-state index contributed by atoms with van der Waals surface area (Å²) in [6.07, 6.45) is -0.721. The number of sulfonamides is 1. The van der Waals surface area contributed by atoms with Crippen molar-refractivity contribution in [2.75, 3.05) is 7.05 Å². The van der Waals surface area contributed by atoms with Crippen molar-refractivity contribution in [3.8, 4) is 0 Å². The average Bonchev–Trinajstić information content (AvgIpc) is 2.84. The lowest BCUT2D eigenvalue weighted by atomic mass is 10.1. The zero-order valence-electron chi connectivity index (χ0n) is 12.1. The molecule has 1 unspecified atom stereocenters. The molecule has 1 aromatic carbocycles. The topological polar surface area (TPSA) is 99.2 Å². The maximum absolute atomic E-state index is 12.5. The van der Waals surface area contributed by atoms with E-state index in [1.807, 2.05) is 0 Å². The summed E-state index contributed by atoms with van der Waals surface area (Å²) in [7, 11) is -2.19. The van der Waals surface area contributed by atoms with Crippen LogP contribution < -0.4 is 0 Å². The Bertz CT molecular complexity index is 725. The summed E-state index contributed by atoms with van der Waals surface area (Å²) in [4.78, 5) is 4.23. The molecule has 0 amide bonds. The number of aryl methyl sites for hydroxylation is 1. The number of nitrogens with zero attached hydrogens (tertiary/aromatic N) is 3. The van der Waals surface area contributed by atoms with E-state index in [9.17, 15) is 13.5 Å². The molecule has 0 fully saturated rings. The molecular formula is C13H18N4O3S. The normalized spacial score (nSPS) is 13.6. The smallest absolute Gasteiger partial charge is 0.243 e. The Hall–Kier alpha value is -1.77. The van der Waals surface area contributed by atoms with Gasteiger partial charge >= 0.3 is 0 Å². The Labute approximate surface area is 123 Å². The van der Waals surface area contributed by atoms with E-state index < -0.39 is 16.1 Å². The predicted octanol–water partition coefficient (Wildman–Crippen LogP) is 0.987. The number of H-pyrrole nitrogens is 1. The second kappa shape index (κ2) is 5.92.